The molecule has 0 aromatic carbocycles. The van der Waals surface area contributed by atoms with Crippen LogP contribution in [0.1, 0.15) is 19.3 Å². The molecule has 0 heterocycles. The van der Waals surface area contributed by atoms with Gasteiger partial charge >= 0.3 is 12.2 Å². The third-order valence-corrected chi connectivity index (χ3v) is 5.96. The molecule has 1 fully saturated rings. The van der Waals surface area contributed by atoms with Gasteiger partial charge in [0.25, 0.3) is 0 Å². The van der Waals surface area contributed by atoms with Crippen molar-refractivity contribution >= 4 is 20.3 Å². The Balaban J connectivity index is 2.50. The van der Waals surface area contributed by atoms with Crippen LogP contribution in [0.2, 0.25) is 25.7 Å². The van der Waals surface area contributed by atoms with Crippen molar-refractivity contribution in [1.82, 2.24) is 4.90 Å². The number of nitrogens with zero attached hydrogens (tertiary/aromatic N) is 1. The van der Waals surface area contributed by atoms with Crippen molar-refractivity contribution in [3.63, 3.8) is 0 Å². The molecule has 1 aliphatic rings. The molecule has 0 aromatic rings. The zero-order chi connectivity index (χ0) is 19.2. The number of rotatable bonds is 8. The van der Waals surface area contributed by atoms with Crippen LogP contribution in [0.3, 0.4) is 0 Å². The predicted octanol–water partition coefficient (Wildman–Crippen LogP) is 3.33. The number of carbonyl (C=O) groups is 2. The summed E-state index contributed by atoms with van der Waals surface area (Å²) in [5.74, 6) is -0.245. The van der Waals surface area contributed by atoms with Gasteiger partial charge in [-0.05, 0) is 31.2 Å². The summed E-state index contributed by atoms with van der Waals surface area (Å²) >= 11 is 0. The van der Waals surface area contributed by atoms with Crippen LogP contribution in [-0.4, -0.2) is 63.8 Å². The van der Waals surface area contributed by atoms with E-state index in [4.69, 9.17) is 15.2 Å². The number of primary amides is 1. The van der Waals surface area contributed by atoms with E-state index in [1.807, 2.05) is 0 Å². The van der Waals surface area contributed by atoms with Crippen LogP contribution < -0.4 is 5.73 Å². The first-order chi connectivity index (χ1) is 11.5. The largest absolute Gasteiger partial charge is 0.450 e. The molecule has 0 bridgehead atoms. The van der Waals surface area contributed by atoms with E-state index in [2.05, 4.69) is 19.6 Å². The smallest absolute Gasteiger partial charge is 0.409 e. The SMILES string of the molecule is CN(C[C@H](CC1C[C@H](F)[C@@H](F)C1)OC(N)=O)C(=O)OCC[Si](C)(C)C. The lowest BCUT2D eigenvalue weighted by molar-refractivity contribution is 0.0568. The molecule has 0 radical (unpaired) electrons. The van der Waals surface area contributed by atoms with Crippen molar-refractivity contribution < 1.29 is 27.8 Å². The first kappa shape index (κ1) is 21.7. The molecule has 1 aliphatic carbocycles. The van der Waals surface area contributed by atoms with Crippen LogP contribution in [0.25, 0.3) is 0 Å². The van der Waals surface area contributed by atoms with Gasteiger partial charge in [0, 0.05) is 15.1 Å². The van der Waals surface area contributed by atoms with Crippen LogP contribution >= 0.6 is 0 Å². The molecule has 0 unspecified atom stereocenters. The quantitative estimate of drug-likeness (QED) is 0.655. The second-order valence-corrected chi connectivity index (χ2v) is 13.6. The summed E-state index contributed by atoms with van der Waals surface area (Å²) < 4.78 is 36.9. The molecule has 9 heteroatoms. The summed E-state index contributed by atoms with van der Waals surface area (Å²) in [4.78, 5) is 24.4. The Morgan fingerprint density at radius 3 is 2.28 bits per heavy atom. The van der Waals surface area contributed by atoms with E-state index >= 15 is 0 Å². The van der Waals surface area contributed by atoms with E-state index in [1.54, 1.807) is 0 Å². The number of hydrogen-bond donors (Lipinski definition) is 1. The van der Waals surface area contributed by atoms with Crippen LogP contribution in [0, 0.1) is 5.92 Å². The molecule has 0 saturated heterocycles. The van der Waals surface area contributed by atoms with E-state index < -0.39 is 38.7 Å². The van der Waals surface area contributed by atoms with Crippen molar-refractivity contribution in [1.29, 1.82) is 0 Å². The van der Waals surface area contributed by atoms with Crippen LogP contribution in [0.4, 0.5) is 18.4 Å². The molecule has 1 rings (SSSR count). The second kappa shape index (κ2) is 9.35. The summed E-state index contributed by atoms with van der Waals surface area (Å²) in [5, 5.41) is 0. The van der Waals surface area contributed by atoms with Gasteiger partial charge in [0.05, 0.1) is 13.2 Å². The lowest BCUT2D eigenvalue weighted by atomic mass is 9.99. The third kappa shape index (κ3) is 8.51. The number of halogens is 2. The van der Waals surface area contributed by atoms with Crippen LogP contribution in [0.15, 0.2) is 0 Å². The van der Waals surface area contributed by atoms with E-state index in [9.17, 15) is 18.4 Å². The minimum atomic E-state index is -1.48. The van der Waals surface area contributed by atoms with Gasteiger partial charge in [-0.2, -0.15) is 0 Å². The Morgan fingerprint density at radius 1 is 1.24 bits per heavy atom. The normalized spacial score (nSPS) is 22.5. The highest BCUT2D eigenvalue weighted by molar-refractivity contribution is 6.76. The van der Waals surface area contributed by atoms with E-state index in [-0.39, 0.29) is 31.7 Å². The summed E-state index contributed by atoms with van der Waals surface area (Å²) in [6, 6.07) is 0.853. The fourth-order valence-corrected chi connectivity index (χ4v) is 3.57. The molecular weight excluding hydrogens is 350 g/mol. The molecule has 25 heavy (non-hydrogen) atoms. The van der Waals surface area contributed by atoms with Gasteiger partial charge in [0.1, 0.15) is 18.4 Å². The van der Waals surface area contributed by atoms with Gasteiger partial charge in [0.15, 0.2) is 0 Å². The minimum absolute atomic E-state index is 0.0686. The standard InChI is InChI=1S/C16H30F2N2O4Si/c1-20(16(22)23-5-6-25(2,3)4)10-12(24-15(19)21)7-11-8-13(17)14(18)9-11/h11-14H,5-10H2,1-4H3,(H2,19,21)/t12-,13-,14-/m0/s1. The summed E-state index contributed by atoms with van der Waals surface area (Å²) in [7, 11) is 0.223. The molecule has 2 N–H and O–H groups in total. The third-order valence-electron chi connectivity index (χ3n) is 4.26. The zero-order valence-electron chi connectivity index (χ0n) is 15.5. The van der Waals surface area contributed by atoms with Crippen molar-refractivity contribution in [2.75, 3.05) is 20.2 Å². The molecule has 1 saturated carbocycles. The van der Waals surface area contributed by atoms with E-state index in [0.717, 1.165) is 6.04 Å². The molecule has 0 aromatic heterocycles. The first-order valence-electron chi connectivity index (χ1n) is 8.60. The molecule has 3 atom stereocenters. The minimum Gasteiger partial charge on any atom is -0.450 e. The summed E-state index contributed by atoms with van der Waals surface area (Å²) in [6.45, 7) is 6.95. The summed E-state index contributed by atoms with van der Waals surface area (Å²) in [5.41, 5.74) is 5.06. The van der Waals surface area contributed by atoms with Gasteiger partial charge < -0.3 is 20.1 Å². The van der Waals surface area contributed by atoms with Gasteiger partial charge in [0.2, 0.25) is 0 Å². The maximum absolute atomic E-state index is 13.3. The van der Waals surface area contributed by atoms with E-state index in [0.29, 0.717) is 6.61 Å². The predicted molar refractivity (Wildman–Crippen MR) is 93.7 cm³/mol. The topological polar surface area (TPSA) is 81.9 Å². The molecule has 6 nitrogen and oxygen atoms in total. The Labute approximate surface area is 149 Å². The fraction of sp³-hybridized carbons (Fsp3) is 0.875. The number of ether oxygens (including phenoxy) is 2. The fourth-order valence-electron chi connectivity index (χ4n) is 2.85. The van der Waals surface area contributed by atoms with Gasteiger partial charge in [-0.3, -0.25) is 0 Å². The van der Waals surface area contributed by atoms with Crippen LogP contribution in [0.5, 0.6) is 0 Å². The number of alkyl halides is 2. The first-order valence-corrected chi connectivity index (χ1v) is 12.3. The van der Waals surface area contributed by atoms with Crippen LogP contribution in [-0.2, 0) is 9.47 Å². The van der Waals surface area contributed by atoms with Crippen molar-refractivity contribution in [3.8, 4) is 0 Å². The number of carbonyl (C=O) groups excluding carboxylic acids is 2. The summed E-state index contributed by atoms with van der Waals surface area (Å²) in [6.07, 6.45) is -4.74. The Kier molecular flexibility index (Phi) is 8.10. The van der Waals surface area contributed by atoms with Gasteiger partial charge in [-0.25, -0.2) is 18.4 Å². The molecular formula is C16H30F2N2O4Si. The van der Waals surface area contributed by atoms with Gasteiger partial charge in [-0.15, -0.1) is 0 Å². The number of nitrogens with two attached hydrogens (primary N) is 1. The molecule has 0 aliphatic heterocycles. The van der Waals surface area contributed by atoms with Crippen molar-refractivity contribution in [2.24, 2.45) is 11.7 Å². The lowest BCUT2D eigenvalue weighted by Gasteiger charge is -2.25. The lowest BCUT2D eigenvalue weighted by Crippen LogP contribution is -2.39. The molecule has 2 amide bonds. The highest BCUT2D eigenvalue weighted by Crippen LogP contribution is 2.34. The Morgan fingerprint density at radius 2 is 1.80 bits per heavy atom. The van der Waals surface area contributed by atoms with Crippen molar-refractivity contribution in [3.05, 3.63) is 0 Å². The Bertz CT molecular complexity index is 452. The monoisotopic (exact) mass is 380 g/mol. The molecule has 0 spiro atoms. The maximum atomic E-state index is 13.3. The number of amides is 2. The van der Waals surface area contributed by atoms with E-state index in [1.165, 1.54) is 11.9 Å². The maximum Gasteiger partial charge on any atom is 0.409 e. The Hall–Kier alpha value is -1.38. The molecule has 146 valence electrons. The highest BCUT2D eigenvalue weighted by atomic mass is 28.3. The van der Waals surface area contributed by atoms with Crippen molar-refractivity contribution in [2.45, 2.75) is 63.4 Å². The second-order valence-electron chi connectivity index (χ2n) is 7.97. The average molecular weight is 381 g/mol. The van der Waals surface area contributed by atoms with Gasteiger partial charge in [-0.1, -0.05) is 19.6 Å². The number of likely N-dealkylation sites (N-methyl/N-ethyl adjacent to an activating group) is 1. The average Bonchev–Trinajstić information content (AvgIpc) is 2.74. The highest BCUT2D eigenvalue weighted by Gasteiger charge is 2.36. The zero-order valence-corrected chi connectivity index (χ0v) is 16.5. The number of hydrogen-bond acceptors (Lipinski definition) is 4.